The van der Waals surface area contributed by atoms with Crippen LogP contribution in [0.25, 0.3) is 0 Å². The summed E-state index contributed by atoms with van der Waals surface area (Å²) in [4.78, 5) is 8.46. The Morgan fingerprint density at radius 1 is 0.952 bits per heavy atom. The van der Waals surface area contributed by atoms with Gasteiger partial charge in [-0.05, 0) is 24.0 Å². The Bertz CT molecular complexity index is 496. The fourth-order valence-corrected chi connectivity index (χ4v) is 2.49. The first-order valence-corrected chi connectivity index (χ1v) is 7.81. The summed E-state index contributed by atoms with van der Waals surface area (Å²) >= 11 is 0. The summed E-state index contributed by atoms with van der Waals surface area (Å²) < 4.78 is 0. The van der Waals surface area contributed by atoms with Crippen LogP contribution in [0.4, 0.5) is 5.95 Å². The molecule has 21 heavy (non-hydrogen) atoms. The second-order valence-electron chi connectivity index (χ2n) is 5.89. The van der Waals surface area contributed by atoms with E-state index in [9.17, 15) is 0 Å². The van der Waals surface area contributed by atoms with Crippen LogP contribution >= 0.6 is 0 Å². The molecule has 1 heterocycles. The Balaban J connectivity index is 1.95. The molecule has 0 fully saturated rings. The molecule has 0 bridgehead atoms. The maximum atomic E-state index is 4.23. The number of benzene rings is 1. The largest absolute Gasteiger partial charge is 0.354 e. The molecular formula is C18H25N3. The van der Waals surface area contributed by atoms with Crippen LogP contribution in [0.5, 0.6) is 0 Å². The number of nitrogens with zero attached hydrogens (tertiary/aromatic N) is 2. The van der Waals surface area contributed by atoms with E-state index in [1.54, 1.807) is 12.4 Å². The van der Waals surface area contributed by atoms with Crippen LogP contribution in [-0.4, -0.2) is 16.5 Å². The molecule has 0 saturated carbocycles. The number of hydrogen-bond acceptors (Lipinski definition) is 3. The van der Waals surface area contributed by atoms with Crippen LogP contribution in [0.2, 0.25) is 0 Å². The van der Waals surface area contributed by atoms with E-state index in [0.717, 1.165) is 12.5 Å². The predicted molar refractivity (Wildman–Crippen MR) is 88.4 cm³/mol. The lowest BCUT2D eigenvalue weighted by molar-refractivity contribution is 0.506. The minimum atomic E-state index is 0.508. The van der Waals surface area contributed by atoms with Gasteiger partial charge in [-0.3, -0.25) is 0 Å². The summed E-state index contributed by atoms with van der Waals surface area (Å²) in [7, 11) is 0. The monoisotopic (exact) mass is 283 g/mol. The molecule has 3 nitrogen and oxygen atoms in total. The molecule has 3 heteroatoms. The third-order valence-corrected chi connectivity index (χ3v) is 3.68. The van der Waals surface area contributed by atoms with E-state index in [2.05, 4.69) is 59.5 Å². The fourth-order valence-electron chi connectivity index (χ4n) is 2.49. The maximum absolute atomic E-state index is 4.23. The van der Waals surface area contributed by atoms with Gasteiger partial charge in [-0.1, -0.05) is 57.0 Å². The molecule has 0 aliphatic heterocycles. The SMILES string of the molecule is CC(C)CCCC(CNc1ncccn1)c1ccccc1. The van der Waals surface area contributed by atoms with Crippen LogP contribution in [0, 0.1) is 5.92 Å². The van der Waals surface area contributed by atoms with Crippen molar-refractivity contribution in [2.75, 3.05) is 11.9 Å². The molecule has 0 aliphatic rings. The van der Waals surface area contributed by atoms with Gasteiger partial charge in [0.15, 0.2) is 0 Å². The van der Waals surface area contributed by atoms with E-state index in [-0.39, 0.29) is 0 Å². The summed E-state index contributed by atoms with van der Waals surface area (Å²) in [5.74, 6) is 1.99. The van der Waals surface area contributed by atoms with E-state index in [0.29, 0.717) is 11.9 Å². The molecule has 2 aromatic rings. The van der Waals surface area contributed by atoms with Gasteiger partial charge in [-0.25, -0.2) is 9.97 Å². The first-order chi connectivity index (χ1) is 10.3. The van der Waals surface area contributed by atoms with E-state index >= 15 is 0 Å². The van der Waals surface area contributed by atoms with Gasteiger partial charge in [0, 0.05) is 24.9 Å². The summed E-state index contributed by atoms with van der Waals surface area (Å²) in [5, 5.41) is 3.36. The van der Waals surface area contributed by atoms with E-state index in [1.807, 2.05) is 6.07 Å². The topological polar surface area (TPSA) is 37.8 Å². The molecule has 1 atom stereocenters. The van der Waals surface area contributed by atoms with Crippen molar-refractivity contribution in [3.63, 3.8) is 0 Å². The fraction of sp³-hybridized carbons (Fsp3) is 0.444. The van der Waals surface area contributed by atoms with E-state index < -0.39 is 0 Å². The number of nitrogens with one attached hydrogen (secondary N) is 1. The molecule has 1 N–H and O–H groups in total. The molecule has 1 aromatic carbocycles. The molecule has 1 aromatic heterocycles. The second-order valence-corrected chi connectivity index (χ2v) is 5.89. The van der Waals surface area contributed by atoms with Gasteiger partial charge >= 0.3 is 0 Å². The van der Waals surface area contributed by atoms with Crippen LogP contribution in [0.3, 0.4) is 0 Å². The summed E-state index contributed by atoms with van der Waals surface area (Å²) in [5.41, 5.74) is 1.39. The van der Waals surface area contributed by atoms with Crippen molar-refractivity contribution in [1.29, 1.82) is 0 Å². The Hall–Kier alpha value is -1.90. The molecule has 2 rings (SSSR count). The predicted octanol–water partition coefficient (Wildman–Crippen LogP) is 4.50. The Morgan fingerprint density at radius 3 is 2.33 bits per heavy atom. The first-order valence-electron chi connectivity index (χ1n) is 7.81. The van der Waals surface area contributed by atoms with Crippen molar-refractivity contribution in [3.05, 3.63) is 54.4 Å². The molecule has 0 aliphatic carbocycles. The van der Waals surface area contributed by atoms with Crippen LogP contribution in [-0.2, 0) is 0 Å². The lowest BCUT2D eigenvalue weighted by atomic mass is 9.92. The second kappa shape index (κ2) is 8.40. The number of hydrogen-bond donors (Lipinski definition) is 1. The smallest absolute Gasteiger partial charge is 0.222 e. The minimum absolute atomic E-state index is 0.508. The highest BCUT2D eigenvalue weighted by Crippen LogP contribution is 2.23. The van der Waals surface area contributed by atoms with Crippen molar-refractivity contribution < 1.29 is 0 Å². The quantitative estimate of drug-likeness (QED) is 0.775. The lowest BCUT2D eigenvalue weighted by Crippen LogP contribution is -2.14. The average Bonchev–Trinajstić information content (AvgIpc) is 2.52. The molecule has 112 valence electrons. The Morgan fingerprint density at radius 2 is 1.67 bits per heavy atom. The summed E-state index contributed by atoms with van der Waals surface area (Å²) in [6, 6.07) is 12.6. The highest BCUT2D eigenvalue weighted by Gasteiger charge is 2.12. The lowest BCUT2D eigenvalue weighted by Gasteiger charge is -2.18. The molecule has 0 saturated heterocycles. The van der Waals surface area contributed by atoms with Gasteiger partial charge in [0.05, 0.1) is 0 Å². The van der Waals surface area contributed by atoms with Gasteiger partial charge in [-0.15, -0.1) is 0 Å². The summed E-state index contributed by atoms with van der Waals surface area (Å²) in [6.07, 6.45) is 7.28. The third kappa shape index (κ3) is 5.54. The van der Waals surface area contributed by atoms with Crippen molar-refractivity contribution >= 4 is 5.95 Å². The minimum Gasteiger partial charge on any atom is -0.354 e. The highest BCUT2D eigenvalue weighted by atomic mass is 15.1. The van der Waals surface area contributed by atoms with E-state index in [1.165, 1.54) is 24.8 Å². The Kier molecular flexibility index (Phi) is 6.20. The summed E-state index contributed by atoms with van der Waals surface area (Å²) in [6.45, 7) is 5.45. The third-order valence-electron chi connectivity index (χ3n) is 3.68. The van der Waals surface area contributed by atoms with Gasteiger partial charge in [0.25, 0.3) is 0 Å². The van der Waals surface area contributed by atoms with Crippen LogP contribution in [0.1, 0.15) is 44.6 Å². The average molecular weight is 283 g/mol. The first kappa shape index (κ1) is 15.5. The van der Waals surface area contributed by atoms with Gasteiger partial charge in [0.1, 0.15) is 0 Å². The Labute approximate surface area is 127 Å². The number of aromatic nitrogens is 2. The van der Waals surface area contributed by atoms with Crippen molar-refractivity contribution in [2.45, 2.75) is 39.0 Å². The zero-order valence-electron chi connectivity index (χ0n) is 13.0. The zero-order chi connectivity index (χ0) is 14.9. The molecule has 0 spiro atoms. The van der Waals surface area contributed by atoms with Gasteiger partial charge in [-0.2, -0.15) is 0 Å². The number of anilines is 1. The molecule has 0 amide bonds. The van der Waals surface area contributed by atoms with Crippen molar-refractivity contribution in [3.8, 4) is 0 Å². The number of rotatable bonds is 8. The molecule has 0 radical (unpaired) electrons. The molecule has 1 unspecified atom stereocenters. The maximum Gasteiger partial charge on any atom is 0.222 e. The zero-order valence-corrected chi connectivity index (χ0v) is 13.0. The standard InChI is InChI=1S/C18H25N3/c1-15(2)8-6-11-17(16-9-4-3-5-10-16)14-21-18-19-12-7-13-20-18/h3-5,7,9-10,12-13,15,17H,6,8,11,14H2,1-2H3,(H,19,20,21). The van der Waals surface area contributed by atoms with Gasteiger partial charge in [0.2, 0.25) is 5.95 Å². The normalized spacial score (nSPS) is 12.3. The van der Waals surface area contributed by atoms with Gasteiger partial charge < -0.3 is 5.32 Å². The van der Waals surface area contributed by atoms with Crippen molar-refractivity contribution in [1.82, 2.24) is 9.97 Å². The highest BCUT2D eigenvalue weighted by molar-refractivity contribution is 5.26. The van der Waals surface area contributed by atoms with Crippen LogP contribution < -0.4 is 5.32 Å². The van der Waals surface area contributed by atoms with E-state index in [4.69, 9.17) is 0 Å². The van der Waals surface area contributed by atoms with Crippen LogP contribution in [0.15, 0.2) is 48.8 Å². The molecular weight excluding hydrogens is 258 g/mol. The van der Waals surface area contributed by atoms with Crippen molar-refractivity contribution in [2.24, 2.45) is 5.92 Å².